The van der Waals surface area contributed by atoms with E-state index >= 15 is 0 Å². The lowest BCUT2D eigenvalue weighted by Crippen LogP contribution is -1.96. The van der Waals surface area contributed by atoms with Crippen LogP contribution < -0.4 is 0 Å². The van der Waals surface area contributed by atoms with E-state index in [1.165, 1.54) is 23.8 Å². The van der Waals surface area contributed by atoms with Gasteiger partial charge in [0.05, 0.1) is 6.04 Å². The van der Waals surface area contributed by atoms with Gasteiger partial charge in [0.1, 0.15) is 0 Å². The maximum atomic E-state index is 4.81. The van der Waals surface area contributed by atoms with Crippen LogP contribution in [0.3, 0.4) is 0 Å². The number of nitrogens with zero attached hydrogens (tertiary/aromatic N) is 1. The van der Waals surface area contributed by atoms with Gasteiger partial charge in [0, 0.05) is 18.9 Å². The highest BCUT2D eigenvalue weighted by Gasteiger charge is 2.08. The normalized spacial score (nSPS) is 12.5. The summed E-state index contributed by atoms with van der Waals surface area (Å²) in [7, 11) is 0. The summed E-state index contributed by atoms with van der Waals surface area (Å²) in [4.78, 5) is 4.81. The van der Waals surface area contributed by atoms with Crippen molar-refractivity contribution in [2.45, 2.75) is 13.0 Å². The minimum atomic E-state index is 0.137. The Kier molecular flexibility index (Phi) is 6.05. The minimum absolute atomic E-state index is 0.137. The van der Waals surface area contributed by atoms with Gasteiger partial charge in [-0.3, -0.25) is 4.99 Å². The van der Waals surface area contributed by atoms with Gasteiger partial charge in [-0.05, 0) is 80.9 Å². The zero-order valence-corrected chi connectivity index (χ0v) is 17.6. The van der Waals surface area contributed by atoms with Gasteiger partial charge in [-0.15, -0.1) is 0 Å². The molecule has 0 fully saturated rings. The van der Waals surface area contributed by atoms with E-state index in [0.29, 0.717) is 0 Å². The van der Waals surface area contributed by atoms with E-state index in [4.69, 9.17) is 4.99 Å². The highest BCUT2D eigenvalue weighted by Crippen LogP contribution is 2.26. The first-order chi connectivity index (χ1) is 11.6. The van der Waals surface area contributed by atoms with Gasteiger partial charge >= 0.3 is 0 Å². The van der Waals surface area contributed by atoms with Gasteiger partial charge in [0.15, 0.2) is 0 Å². The summed E-state index contributed by atoms with van der Waals surface area (Å²) in [6.45, 7) is 2.14. The highest BCUT2D eigenvalue weighted by molar-refractivity contribution is 14.1. The average molecular weight is 537 g/mol. The molecule has 3 rings (SSSR count). The van der Waals surface area contributed by atoms with Crippen LogP contribution in [0.25, 0.3) is 11.1 Å². The molecule has 3 heteroatoms. The summed E-state index contributed by atoms with van der Waals surface area (Å²) >= 11 is 4.74. The van der Waals surface area contributed by atoms with E-state index in [9.17, 15) is 0 Å². The van der Waals surface area contributed by atoms with E-state index in [2.05, 4.69) is 119 Å². The van der Waals surface area contributed by atoms with Crippen LogP contribution in [0.15, 0.2) is 77.8 Å². The summed E-state index contributed by atoms with van der Waals surface area (Å²) in [5.74, 6) is 0. The fraction of sp³-hybridized carbons (Fsp3) is 0.0952. The zero-order chi connectivity index (χ0) is 16.9. The second kappa shape index (κ2) is 8.25. The number of rotatable bonds is 4. The molecule has 24 heavy (non-hydrogen) atoms. The van der Waals surface area contributed by atoms with Crippen molar-refractivity contribution in [2.24, 2.45) is 4.99 Å². The van der Waals surface area contributed by atoms with Gasteiger partial charge in [-0.25, -0.2) is 0 Å². The molecule has 0 saturated heterocycles. The van der Waals surface area contributed by atoms with E-state index in [1.54, 1.807) is 0 Å². The molecular weight excluding hydrogens is 520 g/mol. The predicted octanol–water partition coefficient (Wildman–Crippen LogP) is 6.74. The number of halogens is 2. The summed E-state index contributed by atoms with van der Waals surface area (Å²) < 4.78 is 2.52. The topological polar surface area (TPSA) is 12.4 Å². The van der Waals surface area contributed by atoms with Gasteiger partial charge in [0.25, 0.3) is 0 Å². The Morgan fingerprint density at radius 3 is 2.33 bits per heavy atom. The van der Waals surface area contributed by atoms with Crippen molar-refractivity contribution in [1.29, 1.82) is 0 Å². The van der Waals surface area contributed by atoms with Crippen LogP contribution in [0.5, 0.6) is 0 Å². The van der Waals surface area contributed by atoms with Gasteiger partial charge in [-0.1, -0.05) is 60.7 Å². The van der Waals surface area contributed by atoms with Crippen LogP contribution in [-0.2, 0) is 0 Å². The van der Waals surface area contributed by atoms with Gasteiger partial charge in [-0.2, -0.15) is 0 Å². The number of hydrogen-bond acceptors (Lipinski definition) is 1. The molecule has 0 amide bonds. The van der Waals surface area contributed by atoms with E-state index < -0.39 is 0 Å². The Labute approximate surface area is 170 Å². The molecule has 0 N–H and O–H groups in total. The monoisotopic (exact) mass is 537 g/mol. The van der Waals surface area contributed by atoms with Crippen LogP contribution in [0, 0.1) is 7.14 Å². The van der Waals surface area contributed by atoms with Crippen LogP contribution in [0.2, 0.25) is 0 Å². The average Bonchev–Trinajstić information content (AvgIpc) is 2.61. The Morgan fingerprint density at radius 2 is 1.58 bits per heavy atom. The van der Waals surface area contributed by atoms with E-state index in [0.717, 1.165) is 5.56 Å². The smallest absolute Gasteiger partial charge is 0.0731 e. The van der Waals surface area contributed by atoms with Crippen LogP contribution >= 0.6 is 45.2 Å². The van der Waals surface area contributed by atoms with Crippen LogP contribution in [0.4, 0.5) is 0 Å². The maximum Gasteiger partial charge on any atom is 0.0731 e. The Morgan fingerprint density at radius 1 is 0.875 bits per heavy atom. The molecule has 0 aliphatic carbocycles. The predicted molar refractivity (Wildman–Crippen MR) is 120 cm³/mol. The molecule has 0 spiro atoms. The van der Waals surface area contributed by atoms with Crippen molar-refractivity contribution < 1.29 is 0 Å². The largest absolute Gasteiger partial charge is 0.285 e. The first-order valence-electron chi connectivity index (χ1n) is 7.78. The van der Waals surface area contributed by atoms with Crippen molar-refractivity contribution in [2.75, 3.05) is 0 Å². The second-order valence-corrected chi connectivity index (χ2v) is 7.98. The summed E-state index contributed by atoms with van der Waals surface area (Å²) in [6, 6.07) is 25.5. The Balaban J connectivity index is 1.90. The molecule has 0 radical (unpaired) electrons. The van der Waals surface area contributed by atoms with Crippen molar-refractivity contribution >= 4 is 51.4 Å². The number of hydrogen-bond donors (Lipinski definition) is 0. The van der Waals surface area contributed by atoms with E-state index in [-0.39, 0.29) is 6.04 Å². The molecule has 1 unspecified atom stereocenters. The Bertz CT molecular complexity index is 857. The molecule has 0 aliphatic rings. The highest BCUT2D eigenvalue weighted by atomic mass is 127. The third kappa shape index (κ3) is 4.25. The molecule has 0 saturated carbocycles. The van der Waals surface area contributed by atoms with Gasteiger partial charge < -0.3 is 0 Å². The fourth-order valence-electron chi connectivity index (χ4n) is 2.60. The molecule has 3 aromatic carbocycles. The minimum Gasteiger partial charge on any atom is -0.285 e. The quantitative estimate of drug-likeness (QED) is 0.258. The molecule has 1 atom stereocenters. The SMILES string of the molecule is CC(N=Cc1ccccc1-c1ccccc1)c1ccc(I)cc1I. The fourth-order valence-corrected chi connectivity index (χ4v) is 4.66. The standard InChI is InChI=1S/C21H17I2N/c1-15(19-12-11-18(22)13-21(19)23)24-14-17-9-5-6-10-20(17)16-7-3-2-4-8-16/h2-15H,1H3. The molecule has 1 nitrogen and oxygen atoms in total. The third-order valence-electron chi connectivity index (χ3n) is 3.90. The zero-order valence-electron chi connectivity index (χ0n) is 13.3. The second-order valence-electron chi connectivity index (χ2n) is 5.57. The molecule has 0 aliphatic heterocycles. The molecular formula is C21H17I2N. The van der Waals surface area contributed by atoms with Crippen molar-refractivity contribution in [1.82, 2.24) is 0 Å². The number of aliphatic imine (C=N–C) groups is 1. The van der Waals surface area contributed by atoms with Crippen molar-refractivity contribution in [3.63, 3.8) is 0 Å². The maximum absolute atomic E-state index is 4.81. The summed E-state index contributed by atoms with van der Waals surface area (Å²) in [6.07, 6.45) is 2.00. The van der Waals surface area contributed by atoms with Crippen LogP contribution in [-0.4, -0.2) is 6.21 Å². The van der Waals surface area contributed by atoms with E-state index in [1.807, 2.05) is 12.3 Å². The summed E-state index contributed by atoms with van der Waals surface area (Å²) in [5, 5.41) is 0. The molecule has 3 aromatic rings. The third-order valence-corrected chi connectivity index (χ3v) is 5.50. The summed E-state index contributed by atoms with van der Waals surface area (Å²) in [5.41, 5.74) is 4.85. The molecule has 0 aromatic heterocycles. The lowest BCUT2D eigenvalue weighted by Gasteiger charge is -2.11. The lowest BCUT2D eigenvalue weighted by atomic mass is 10.0. The van der Waals surface area contributed by atoms with Crippen molar-refractivity contribution in [3.8, 4) is 11.1 Å². The Hall–Kier alpha value is -1.21. The molecule has 120 valence electrons. The van der Waals surface area contributed by atoms with Crippen LogP contribution in [0.1, 0.15) is 24.1 Å². The molecule has 0 bridgehead atoms. The van der Waals surface area contributed by atoms with Crippen molar-refractivity contribution in [3.05, 3.63) is 91.1 Å². The number of benzene rings is 3. The first-order valence-corrected chi connectivity index (χ1v) is 9.93. The first kappa shape index (κ1) is 17.6. The molecule has 0 heterocycles. The lowest BCUT2D eigenvalue weighted by molar-refractivity contribution is 0.819. The van der Waals surface area contributed by atoms with Gasteiger partial charge in [0.2, 0.25) is 0 Å².